The molecule has 22 heavy (non-hydrogen) atoms. The van der Waals surface area contributed by atoms with Gasteiger partial charge in [0.2, 0.25) is 5.91 Å². The van der Waals surface area contributed by atoms with Crippen LogP contribution in [-0.4, -0.2) is 55.5 Å². The molecular weight excluding hydrogens is 276 g/mol. The third kappa shape index (κ3) is 4.01. The van der Waals surface area contributed by atoms with Gasteiger partial charge < -0.3 is 9.64 Å². The van der Waals surface area contributed by atoms with E-state index >= 15 is 0 Å². The molecule has 1 aliphatic heterocycles. The van der Waals surface area contributed by atoms with Crippen LogP contribution in [0.4, 0.5) is 0 Å². The first-order valence-corrected chi connectivity index (χ1v) is 8.40. The Bertz CT molecular complexity index is 488. The normalized spacial score (nSPS) is 19.2. The zero-order chi connectivity index (χ0) is 15.4. The highest BCUT2D eigenvalue weighted by Crippen LogP contribution is 2.31. The lowest BCUT2D eigenvalue weighted by atomic mass is 10.1. The minimum absolute atomic E-state index is 0.363. The van der Waals surface area contributed by atoms with Crippen LogP contribution in [0.2, 0.25) is 0 Å². The number of carbonyl (C=O) groups is 1. The zero-order valence-corrected chi connectivity index (χ0v) is 13.5. The fourth-order valence-corrected chi connectivity index (χ4v) is 3.08. The highest BCUT2D eigenvalue weighted by Gasteiger charge is 2.34. The molecule has 0 atom stereocenters. The SMILES string of the molecule is COc1ccc(CCCN2CCN(C(=O)C3CC3)CC2)cc1. The summed E-state index contributed by atoms with van der Waals surface area (Å²) in [5.74, 6) is 1.68. The molecule has 1 aliphatic carbocycles. The molecule has 3 rings (SSSR count). The summed E-state index contributed by atoms with van der Waals surface area (Å²) in [6.45, 7) is 5.01. The lowest BCUT2D eigenvalue weighted by Crippen LogP contribution is -2.49. The van der Waals surface area contributed by atoms with E-state index in [1.54, 1.807) is 7.11 Å². The summed E-state index contributed by atoms with van der Waals surface area (Å²) >= 11 is 0. The van der Waals surface area contributed by atoms with E-state index in [0.29, 0.717) is 11.8 Å². The van der Waals surface area contributed by atoms with Crippen LogP contribution in [0, 0.1) is 5.92 Å². The van der Waals surface area contributed by atoms with Crippen LogP contribution < -0.4 is 4.74 Å². The molecule has 0 bridgehead atoms. The minimum Gasteiger partial charge on any atom is -0.497 e. The van der Waals surface area contributed by atoms with Gasteiger partial charge in [0.25, 0.3) is 0 Å². The number of methoxy groups -OCH3 is 1. The molecule has 1 aromatic rings. The van der Waals surface area contributed by atoms with E-state index in [0.717, 1.165) is 57.7 Å². The number of piperazine rings is 1. The molecule has 1 heterocycles. The molecule has 2 aliphatic rings. The predicted molar refractivity (Wildman–Crippen MR) is 87.1 cm³/mol. The lowest BCUT2D eigenvalue weighted by Gasteiger charge is -2.34. The number of aryl methyl sites for hydroxylation is 1. The van der Waals surface area contributed by atoms with Crippen molar-refractivity contribution in [1.82, 2.24) is 9.80 Å². The topological polar surface area (TPSA) is 32.8 Å². The van der Waals surface area contributed by atoms with Crippen LogP contribution in [0.1, 0.15) is 24.8 Å². The summed E-state index contributed by atoms with van der Waals surface area (Å²) in [5, 5.41) is 0. The molecular formula is C18H26N2O2. The summed E-state index contributed by atoms with van der Waals surface area (Å²) in [4.78, 5) is 16.6. The predicted octanol–water partition coefficient (Wildman–Crippen LogP) is 2.18. The highest BCUT2D eigenvalue weighted by molar-refractivity contribution is 5.81. The van der Waals surface area contributed by atoms with Gasteiger partial charge in [0, 0.05) is 32.1 Å². The maximum atomic E-state index is 12.0. The van der Waals surface area contributed by atoms with Crippen molar-refractivity contribution < 1.29 is 9.53 Å². The van der Waals surface area contributed by atoms with Crippen LogP contribution >= 0.6 is 0 Å². The van der Waals surface area contributed by atoms with Crippen LogP contribution in [0.15, 0.2) is 24.3 Å². The van der Waals surface area contributed by atoms with Gasteiger partial charge in [0.05, 0.1) is 7.11 Å². The van der Waals surface area contributed by atoms with Gasteiger partial charge in [-0.3, -0.25) is 9.69 Å². The summed E-state index contributed by atoms with van der Waals surface area (Å²) < 4.78 is 5.18. The summed E-state index contributed by atoms with van der Waals surface area (Å²) in [6.07, 6.45) is 4.50. The van der Waals surface area contributed by atoms with Crippen molar-refractivity contribution in [2.75, 3.05) is 39.8 Å². The molecule has 1 aromatic carbocycles. The quantitative estimate of drug-likeness (QED) is 0.807. The van der Waals surface area contributed by atoms with Crippen molar-refractivity contribution >= 4 is 5.91 Å². The fraction of sp³-hybridized carbons (Fsp3) is 0.611. The molecule has 0 spiro atoms. The highest BCUT2D eigenvalue weighted by atomic mass is 16.5. The Labute approximate surface area is 133 Å². The monoisotopic (exact) mass is 302 g/mol. The first kappa shape index (κ1) is 15.3. The second kappa shape index (κ2) is 7.14. The summed E-state index contributed by atoms with van der Waals surface area (Å²) in [6, 6.07) is 8.34. The molecule has 1 saturated carbocycles. The van der Waals surface area contributed by atoms with Gasteiger partial charge in [-0.25, -0.2) is 0 Å². The van der Waals surface area contributed by atoms with E-state index in [4.69, 9.17) is 4.74 Å². The smallest absolute Gasteiger partial charge is 0.225 e. The second-order valence-corrected chi connectivity index (χ2v) is 6.39. The van der Waals surface area contributed by atoms with Crippen LogP contribution in [-0.2, 0) is 11.2 Å². The molecule has 4 nitrogen and oxygen atoms in total. The third-order valence-electron chi connectivity index (χ3n) is 4.71. The molecule has 120 valence electrons. The van der Waals surface area contributed by atoms with Gasteiger partial charge in [-0.2, -0.15) is 0 Å². The van der Waals surface area contributed by atoms with Gasteiger partial charge in [-0.05, 0) is 49.9 Å². The van der Waals surface area contributed by atoms with E-state index in [2.05, 4.69) is 21.9 Å². The average molecular weight is 302 g/mol. The summed E-state index contributed by atoms with van der Waals surface area (Å²) in [7, 11) is 1.70. The van der Waals surface area contributed by atoms with Crippen molar-refractivity contribution in [3.8, 4) is 5.75 Å². The molecule has 0 radical (unpaired) electrons. The molecule has 2 fully saturated rings. The Morgan fingerprint density at radius 2 is 1.82 bits per heavy atom. The Morgan fingerprint density at radius 1 is 1.14 bits per heavy atom. The number of ether oxygens (including phenoxy) is 1. The number of amides is 1. The molecule has 1 amide bonds. The standard InChI is InChI=1S/C18H26N2O2/c1-22-17-8-4-15(5-9-17)3-2-10-19-11-13-20(14-12-19)18(21)16-6-7-16/h4-5,8-9,16H,2-3,6-7,10-14H2,1H3. The molecule has 4 heteroatoms. The fourth-order valence-electron chi connectivity index (χ4n) is 3.08. The first-order valence-electron chi connectivity index (χ1n) is 8.40. The Morgan fingerprint density at radius 3 is 2.41 bits per heavy atom. The van der Waals surface area contributed by atoms with Gasteiger partial charge >= 0.3 is 0 Å². The third-order valence-corrected chi connectivity index (χ3v) is 4.71. The van der Waals surface area contributed by atoms with E-state index in [9.17, 15) is 4.79 Å². The van der Waals surface area contributed by atoms with Gasteiger partial charge in [0.1, 0.15) is 5.75 Å². The van der Waals surface area contributed by atoms with Crippen molar-refractivity contribution in [1.29, 1.82) is 0 Å². The maximum absolute atomic E-state index is 12.0. The minimum atomic E-state index is 0.363. The Hall–Kier alpha value is -1.55. The second-order valence-electron chi connectivity index (χ2n) is 6.39. The van der Waals surface area contributed by atoms with Crippen molar-refractivity contribution in [2.45, 2.75) is 25.7 Å². The molecule has 0 unspecified atom stereocenters. The van der Waals surface area contributed by atoms with E-state index in [1.165, 1.54) is 12.0 Å². The number of hydrogen-bond acceptors (Lipinski definition) is 3. The van der Waals surface area contributed by atoms with Crippen molar-refractivity contribution in [2.24, 2.45) is 5.92 Å². The summed E-state index contributed by atoms with van der Waals surface area (Å²) in [5.41, 5.74) is 1.36. The average Bonchev–Trinajstić information content (AvgIpc) is 3.40. The first-order chi connectivity index (χ1) is 10.8. The maximum Gasteiger partial charge on any atom is 0.225 e. The number of nitrogens with zero attached hydrogens (tertiary/aromatic N) is 2. The Kier molecular flexibility index (Phi) is 4.98. The van der Waals surface area contributed by atoms with Crippen molar-refractivity contribution in [3.05, 3.63) is 29.8 Å². The van der Waals surface area contributed by atoms with Gasteiger partial charge in [0.15, 0.2) is 0 Å². The number of benzene rings is 1. The van der Waals surface area contributed by atoms with Gasteiger partial charge in [-0.1, -0.05) is 12.1 Å². The number of hydrogen-bond donors (Lipinski definition) is 0. The zero-order valence-electron chi connectivity index (χ0n) is 13.5. The van der Waals surface area contributed by atoms with Crippen molar-refractivity contribution in [3.63, 3.8) is 0 Å². The molecule has 0 N–H and O–H groups in total. The van der Waals surface area contributed by atoms with Crippen LogP contribution in [0.25, 0.3) is 0 Å². The van der Waals surface area contributed by atoms with Crippen LogP contribution in [0.3, 0.4) is 0 Å². The van der Waals surface area contributed by atoms with Crippen LogP contribution in [0.5, 0.6) is 5.75 Å². The largest absolute Gasteiger partial charge is 0.497 e. The lowest BCUT2D eigenvalue weighted by molar-refractivity contribution is -0.134. The molecule has 0 aromatic heterocycles. The number of rotatable bonds is 6. The Balaban J connectivity index is 1.35. The number of carbonyl (C=O) groups excluding carboxylic acids is 1. The molecule has 1 saturated heterocycles. The van der Waals surface area contributed by atoms with Gasteiger partial charge in [-0.15, -0.1) is 0 Å². The van der Waals surface area contributed by atoms with E-state index < -0.39 is 0 Å². The van der Waals surface area contributed by atoms with E-state index in [1.807, 2.05) is 12.1 Å². The van der Waals surface area contributed by atoms with E-state index in [-0.39, 0.29) is 0 Å².